The van der Waals surface area contributed by atoms with Crippen LogP contribution in [0.15, 0.2) is 34.1 Å². The van der Waals surface area contributed by atoms with E-state index in [1.54, 1.807) is 7.11 Å². The maximum atomic E-state index is 12.6. The van der Waals surface area contributed by atoms with E-state index in [0.29, 0.717) is 35.8 Å². The Balaban J connectivity index is 0.000000184. The van der Waals surface area contributed by atoms with Crippen molar-refractivity contribution in [3.05, 3.63) is 51.5 Å². The molecule has 0 bridgehead atoms. The van der Waals surface area contributed by atoms with Crippen LogP contribution in [-0.4, -0.2) is 98.6 Å². The molecule has 2 unspecified atom stereocenters. The maximum Gasteiger partial charge on any atom is 0.227 e. The lowest BCUT2D eigenvalue weighted by Crippen LogP contribution is -2.44. The number of rotatable bonds is 7. The Hall–Kier alpha value is -2.46. The number of nitrogens with one attached hydrogen (secondary N) is 2. The predicted molar refractivity (Wildman–Crippen MR) is 196 cm³/mol. The molecule has 0 aliphatic carbocycles. The fraction of sp³-hybridized carbons (Fsp3) is 0.588. The van der Waals surface area contributed by atoms with Crippen molar-refractivity contribution >= 4 is 62.4 Å². The van der Waals surface area contributed by atoms with E-state index in [-0.39, 0.29) is 10.9 Å². The second kappa shape index (κ2) is 16.1. The molecule has 270 valence electrons. The first-order valence-corrected chi connectivity index (χ1v) is 20.7. The Morgan fingerprint density at radius 1 is 0.780 bits per heavy atom. The van der Waals surface area contributed by atoms with E-state index >= 15 is 0 Å². The summed E-state index contributed by atoms with van der Waals surface area (Å²) < 4.78 is 41.4. The van der Waals surface area contributed by atoms with Gasteiger partial charge in [0.2, 0.25) is 11.2 Å². The van der Waals surface area contributed by atoms with E-state index in [4.69, 9.17) is 47.4 Å². The summed E-state index contributed by atoms with van der Waals surface area (Å²) in [6.07, 6.45) is 6.85. The van der Waals surface area contributed by atoms with Gasteiger partial charge in [-0.3, -0.25) is 8.42 Å². The first-order chi connectivity index (χ1) is 24.3. The lowest BCUT2D eigenvalue weighted by Gasteiger charge is -2.41. The van der Waals surface area contributed by atoms with Crippen molar-refractivity contribution in [2.24, 2.45) is 0 Å². The molecule has 12 nitrogen and oxygen atoms in total. The van der Waals surface area contributed by atoms with Gasteiger partial charge in [0, 0.05) is 88.1 Å². The van der Waals surface area contributed by atoms with Gasteiger partial charge in [-0.2, -0.15) is 9.97 Å². The quantitative estimate of drug-likeness (QED) is 0.316. The smallest absolute Gasteiger partial charge is 0.227 e. The van der Waals surface area contributed by atoms with Crippen LogP contribution < -0.4 is 15.5 Å². The minimum atomic E-state index is -1.04. The zero-order valence-corrected chi connectivity index (χ0v) is 31.3. The van der Waals surface area contributed by atoms with Gasteiger partial charge in [0.05, 0.1) is 38.6 Å². The number of methoxy groups -OCH3 is 1. The number of hydrogen-bond acceptors (Lipinski definition) is 12. The van der Waals surface area contributed by atoms with Crippen LogP contribution in [0.2, 0.25) is 10.3 Å². The summed E-state index contributed by atoms with van der Waals surface area (Å²) in [6.45, 7) is 4.57. The van der Waals surface area contributed by atoms with E-state index < -0.39 is 21.6 Å². The Morgan fingerprint density at radius 2 is 1.30 bits per heavy atom. The standard InChI is InChI=1S/C23H29ClN4O3S.C11H14ClN3O2S/c1-30-23(16-2-4-17(24)5-3-16)9-11-28(12-10-23)22-26-19-8-15-32(29)20(19)21(27-22)25-18-6-13-31-14-7-18;12-11-14-8-3-6-18(16)9(8)10(15-11)13-7-1-4-17-5-2-7/h2-5,18H,6-15H2,1H3,(H,25,26,27);7H,1-6H2,(H,13,14,15). The number of nitrogens with zero attached hydrogens (tertiary/aromatic N) is 5. The minimum absolute atomic E-state index is 0.224. The first kappa shape index (κ1) is 35.9. The summed E-state index contributed by atoms with van der Waals surface area (Å²) in [5.41, 5.74) is 2.56. The third-order valence-electron chi connectivity index (χ3n) is 10.1. The number of halogens is 2. The fourth-order valence-electron chi connectivity index (χ4n) is 7.19. The number of fused-ring (bicyclic) bond motifs is 2. The van der Waals surface area contributed by atoms with Crippen LogP contribution in [0.3, 0.4) is 0 Å². The van der Waals surface area contributed by atoms with Crippen LogP contribution in [0.4, 0.5) is 17.6 Å². The number of hydrogen-bond donors (Lipinski definition) is 2. The van der Waals surface area contributed by atoms with Crippen LogP contribution in [-0.2, 0) is 54.3 Å². The highest BCUT2D eigenvalue weighted by atomic mass is 35.5. The summed E-state index contributed by atoms with van der Waals surface area (Å²) >= 11 is 12.0. The Bertz CT molecular complexity index is 1720. The van der Waals surface area contributed by atoms with Gasteiger partial charge in [0.25, 0.3) is 0 Å². The number of aryl methyl sites for hydroxylation is 2. The lowest BCUT2D eigenvalue weighted by atomic mass is 9.84. The van der Waals surface area contributed by atoms with Gasteiger partial charge < -0.3 is 29.7 Å². The molecule has 2 atom stereocenters. The number of aromatic nitrogens is 4. The van der Waals surface area contributed by atoms with Crippen molar-refractivity contribution in [3.8, 4) is 0 Å². The molecule has 7 heterocycles. The topological polar surface area (TPSA) is 141 Å². The van der Waals surface area contributed by atoms with Crippen molar-refractivity contribution in [2.75, 3.05) is 73.7 Å². The summed E-state index contributed by atoms with van der Waals surface area (Å²) in [5, 5.41) is 7.86. The summed E-state index contributed by atoms with van der Waals surface area (Å²) in [6, 6.07) is 8.55. The number of piperidine rings is 1. The van der Waals surface area contributed by atoms with E-state index in [9.17, 15) is 8.42 Å². The maximum absolute atomic E-state index is 12.6. The molecule has 5 aliphatic heterocycles. The van der Waals surface area contributed by atoms with Gasteiger partial charge in [-0.25, -0.2) is 9.97 Å². The van der Waals surface area contributed by atoms with Gasteiger partial charge >= 0.3 is 0 Å². The molecular weight excluding hydrogens is 721 g/mol. The molecule has 0 spiro atoms. The molecule has 50 heavy (non-hydrogen) atoms. The molecule has 8 rings (SSSR count). The van der Waals surface area contributed by atoms with Crippen molar-refractivity contribution in [1.82, 2.24) is 19.9 Å². The molecule has 0 radical (unpaired) electrons. The largest absolute Gasteiger partial charge is 0.381 e. The highest BCUT2D eigenvalue weighted by molar-refractivity contribution is 7.85. The predicted octanol–water partition coefficient (Wildman–Crippen LogP) is 4.91. The van der Waals surface area contributed by atoms with Gasteiger partial charge in [0.15, 0.2) is 0 Å². The zero-order chi connectivity index (χ0) is 34.7. The molecular formula is C34H43Cl2N7O5S2. The molecule has 3 aromatic rings. The monoisotopic (exact) mass is 763 g/mol. The Morgan fingerprint density at radius 3 is 1.84 bits per heavy atom. The highest BCUT2D eigenvalue weighted by Gasteiger charge is 2.38. The molecule has 3 fully saturated rings. The molecule has 0 amide bonds. The van der Waals surface area contributed by atoms with Crippen molar-refractivity contribution < 1.29 is 22.6 Å². The fourth-order valence-corrected chi connectivity index (χ4v) is 10.1. The highest BCUT2D eigenvalue weighted by Crippen LogP contribution is 2.39. The SMILES string of the molecule is COC1(c2ccc(Cl)cc2)CCN(c2nc3c(c(NC4CCOCC4)n2)S(=O)CC3)CC1.O=S1CCc2nc(Cl)nc(NC3CCOCC3)c21. The van der Waals surface area contributed by atoms with Gasteiger partial charge in [-0.1, -0.05) is 23.7 Å². The summed E-state index contributed by atoms with van der Waals surface area (Å²) in [4.78, 5) is 21.8. The number of benzene rings is 1. The van der Waals surface area contributed by atoms with Gasteiger partial charge in [-0.05, 0) is 67.8 Å². The van der Waals surface area contributed by atoms with Crippen LogP contribution in [0.1, 0.15) is 55.5 Å². The van der Waals surface area contributed by atoms with Crippen molar-refractivity contribution in [1.29, 1.82) is 0 Å². The molecule has 2 N–H and O–H groups in total. The first-order valence-electron chi connectivity index (χ1n) is 17.3. The normalized spacial score (nSPS) is 23.5. The molecule has 16 heteroatoms. The van der Waals surface area contributed by atoms with E-state index in [1.807, 2.05) is 12.1 Å². The second-order valence-corrected chi connectivity index (χ2v) is 16.9. The average molecular weight is 765 g/mol. The van der Waals surface area contributed by atoms with Crippen LogP contribution >= 0.6 is 23.2 Å². The Kier molecular flexibility index (Phi) is 11.5. The van der Waals surface area contributed by atoms with E-state index in [1.165, 1.54) is 0 Å². The van der Waals surface area contributed by atoms with Gasteiger partial charge in [-0.15, -0.1) is 0 Å². The third kappa shape index (κ3) is 7.96. The summed E-state index contributed by atoms with van der Waals surface area (Å²) in [5.74, 6) is 3.35. The van der Waals surface area contributed by atoms with E-state index in [2.05, 4.69) is 37.6 Å². The minimum Gasteiger partial charge on any atom is -0.381 e. The van der Waals surface area contributed by atoms with Crippen molar-refractivity contribution in [3.63, 3.8) is 0 Å². The second-order valence-electron chi connectivity index (χ2n) is 13.1. The molecule has 2 aromatic heterocycles. The molecule has 3 saturated heterocycles. The number of ether oxygens (including phenoxy) is 3. The third-order valence-corrected chi connectivity index (χ3v) is 13.4. The van der Waals surface area contributed by atoms with Crippen LogP contribution in [0.25, 0.3) is 0 Å². The molecule has 5 aliphatic rings. The average Bonchev–Trinajstić information content (AvgIpc) is 3.71. The number of anilines is 3. The zero-order valence-electron chi connectivity index (χ0n) is 28.1. The lowest BCUT2D eigenvalue weighted by molar-refractivity contribution is -0.0348. The van der Waals surface area contributed by atoms with E-state index in [0.717, 1.165) is 128 Å². The molecule has 0 saturated carbocycles. The summed E-state index contributed by atoms with van der Waals surface area (Å²) in [7, 11) is -0.256. The van der Waals surface area contributed by atoms with Gasteiger partial charge in [0.1, 0.15) is 21.4 Å². The molecule has 1 aromatic carbocycles. The van der Waals surface area contributed by atoms with Crippen LogP contribution in [0.5, 0.6) is 0 Å². The van der Waals surface area contributed by atoms with Crippen LogP contribution in [0, 0.1) is 0 Å². The Labute approximate surface area is 307 Å². The van der Waals surface area contributed by atoms with Crippen molar-refractivity contribution in [2.45, 2.75) is 78.8 Å².